The molecule has 0 aliphatic carbocycles. The minimum atomic E-state index is -0.115. The zero-order chi connectivity index (χ0) is 14.5. The zero-order valence-corrected chi connectivity index (χ0v) is 11.8. The van der Waals surface area contributed by atoms with Gasteiger partial charge in [0.25, 0.3) is 5.89 Å². The second kappa shape index (κ2) is 6.29. The number of hydrogen-bond donors (Lipinski definition) is 2. The van der Waals surface area contributed by atoms with E-state index in [-0.39, 0.29) is 11.9 Å². The predicted molar refractivity (Wildman–Crippen MR) is 76.3 cm³/mol. The molecule has 0 saturated heterocycles. The monoisotopic (exact) mass is 274 g/mol. The largest absolute Gasteiger partial charge is 0.334 e. The van der Waals surface area contributed by atoms with Gasteiger partial charge in [-0.1, -0.05) is 11.2 Å². The predicted octanol–water partition coefficient (Wildman–Crippen LogP) is 1.85. The van der Waals surface area contributed by atoms with Crippen molar-refractivity contribution in [3.63, 3.8) is 0 Å². The normalized spacial score (nSPS) is 12.2. The van der Waals surface area contributed by atoms with Crippen LogP contribution in [0.5, 0.6) is 0 Å². The van der Waals surface area contributed by atoms with E-state index in [1.165, 1.54) is 6.92 Å². The van der Waals surface area contributed by atoms with E-state index in [9.17, 15) is 4.79 Å². The summed E-state index contributed by atoms with van der Waals surface area (Å²) in [5, 5.41) is 9.81. The van der Waals surface area contributed by atoms with E-state index in [0.717, 1.165) is 5.56 Å². The van der Waals surface area contributed by atoms with Gasteiger partial charge in [0.1, 0.15) is 0 Å². The number of aromatic nitrogens is 2. The third-order valence-electron chi connectivity index (χ3n) is 2.88. The van der Waals surface area contributed by atoms with Crippen LogP contribution in [-0.4, -0.2) is 29.1 Å². The third-order valence-corrected chi connectivity index (χ3v) is 2.88. The SMILES string of the molecule is CNC(C)Cc1noc(-c2cccc(NC(C)=O)c2)n1. The average molecular weight is 274 g/mol. The lowest BCUT2D eigenvalue weighted by Gasteiger charge is -2.04. The first kappa shape index (κ1) is 14.2. The molecule has 6 heteroatoms. The first-order valence-electron chi connectivity index (χ1n) is 6.46. The van der Waals surface area contributed by atoms with Crippen molar-refractivity contribution in [2.75, 3.05) is 12.4 Å². The fourth-order valence-corrected chi connectivity index (χ4v) is 1.76. The van der Waals surface area contributed by atoms with Crippen LogP contribution in [0.3, 0.4) is 0 Å². The van der Waals surface area contributed by atoms with Crippen LogP contribution < -0.4 is 10.6 Å². The molecule has 20 heavy (non-hydrogen) atoms. The lowest BCUT2D eigenvalue weighted by Crippen LogP contribution is -2.24. The summed E-state index contributed by atoms with van der Waals surface area (Å²) < 4.78 is 5.25. The number of carbonyl (C=O) groups is 1. The first-order valence-corrected chi connectivity index (χ1v) is 6.46. The number of anilines is 1. The Kier molecular flexibility index (Phi) is 4.47. The molecule has 2 aromatic rings. The molecular formula is C14H18N4O2. The quantitative estimate of drug-likeness (QED) is 0.869. The van der Waals surface area contributed by atoms with E-state index in [0.29, 0.717) is 23.8 Å². The summed E-state index contributed by atoms with van der Waals surface area (Å²) in [6.45, 7) is 3.52. The smallest absolute Gasteiger partial charge is 0.257 e. The minimum absolute atomic E-state index is 0.115. The van der Waals surface area contributed by atoms with Gasteiger partial charge in [0.2, 0.25) is 5.91 Å². The maximum atomic E-state index is 11.0. The molecule has 6 nitrogen and oxygen atoms in total. The molecule has 2 N–H and O–H groups in total. The number of nitrogens with zero attached hydrogens (tertiary/aromatic N) is 2. The Morgan fingerprint density at radius 2 is 2.25 bits per heavy atom. The summed E-state index contributed by atoms with van der Waals surface area (Å²) in [5.74, 6) is 0.999. The fraction of sp³-hybridized carbons (Fsp3) is 0.357. The fourth-order valence-electron chi connectivity index (χ4n) is 1.76. The van der Waals surface area contributed by atoms with Crippen LogP contribution >= 0.6 is 0 Å². The highest BCUT2D eigenvalue weighted by Crippen LogP contribution is 2.21. The van der Waals surface area contributed by atoms with Gasteiger partial charge in [0.05, 0.1) is 0 Å². The molecule has 1 aromatic carbocycles. The van der Waals surface area contributed by atoms with Crippen molar-refractivity contribution in [2.24, 2.45) is 0 Å². The van der Waals surface area contributed by atoms with Gasteiger partial charge in [-0.05, 0) is 32.2 Å². The molecule has 0 aliphatic heterocycles. The molecule has 1 heterocycles. The number of hydrogen-bond acceptors (Lipinski definition) is 5. The highest BCUT2D eigenvalue weighted by Gasteiger charge is 2.11. The highest BCUT2D eigenvalue weighted by atomic mass is 16.5. The third kappa shape index (κ3) is 3.64. The van der Waals surface area contributed by atoms with E-state index in [1.54, 1.807) is 6.07 Å². The van der Waals surface area contributed by atoms with E-state index < -0.39 is 0 Å². The summed E-state index contributed by atoms with van der Waals surface area (Å²) in [6, 6.07) is 7.60. The molecule has 106 valence electrons. The van der Waals surface area contributed by atoms with Crippen molar-refractivity contribution in [1.82, 2.24) is 15.5 Å². The number of rotatable bonds is 5. The van der Waals surface area contributed by atoms with E-state index in [1.807, 2.05) is 32.2 Å². The van der Waals surface area contributed by atoms with Crippen LogP contribution in [0.2, 0.25) is 0 Å². The molecule has 0 saturated carbocycles. The molecule has 1 amide bonds. The lowest BCUT2D eigenvalue weighted by atomic mass is 10.2. The van der Waals surface area contributed by atoms with Crippen LogP contribution in [0.4, 0.5) is 5.69 Å². The van der Waals surface area contributed by atoms with Gasteiger partial charge in [-0.25, -0.2) is 0 Å². The minimum Gasteiger partial charge on any atom is -0.334 e. The van der Waals surface area contributed by atoms with Crippen LogP contribution in [0, 0.1) is 0 Å². The molecule has 0 fully saturated rings. The Morgan fingerprint density at radius 1 is 1.45 bits per heavy atom. The molecule has 0 bridgehead atoms. The standard InChI is InChI=1S/C14H18N4O2/c1-9(15-3)7-13-17-14(20-18-13)11-5-4-6-12(8-11)16-10(2)19/h4-6,8-9,15H,7H2,1-3H3,(H,16,19). The Balaban J connectivity index is 2.17. The topological polar surface area (TPSA) is 80.0 Å². The summed E-state index contributed by atoms with van der Waals surface area (Å²) >= 11 is 0. The Hall–Kier alpha value is -2.21. The maximum absolute atomic E-state index is 11.0. The molecule has 1 aromatic heterocycles. The van der Waals surface area contributed by atoms with E-state index in [4.69, 9.17) is 4.52 Å². The molecular weight excluding hydrogens is 256 g/mol. The number of likely N-dealkylation sites (N-methyl/N-ethyl adjacent to an activating group) is 1. The molecule has 0 radical (unpaired) electrons. The zero-order valence-electron chi connectivity index (χ0n) is 11.8. The van der Waals surface area contributed by atoms with Gasteiger partial charge in [-0.2, -0.15) is 4.98 Å². The molecule has 1 unspecified atom stereocenters. The molecule has 0 spiro atoms. The van der Waals surface area contributed by atoms with Gasteiger partial charge in [0, 0.05) is 30.6 Å². The highest BCUT2D eigenvalue weighted by molar-refractivity contribution is 5.89. The van der Waals surface area contributed by atoms with Gasteiger partial charge in [-0.15, -0.1) is 0 Å². The van der Waals surface area contributed by atoms with Crippen molar-refractivity contribution in [1.29, 1.82) is 0 Å². The second-order valence-electron chi connectivity index (χ2n) is 4.67. The number of benzene rings is 1. The van der Waals surface area contributed by atoms with Crippen molar-refractivity contribution in [3.8, 4) is 11.5 Å². The molecule has 1 atom stereocenters. The van der Waals surface area contributed by atoms with Gasteiger partial charge < -0.3 is 15.2 Å². The summed E-state index contributed by atoms with van der Waals surface area (Å²) in [6.07, 6.45) is 0.700. The van der Waals surface area contributed by atoms with Crippen LogP contribution in [0.25, 0.3) is 11.5 Å². The lowest BCUT2D eigenvalue weighted by molar-refractivity contribution is -0.114. The second-order valence-corrected chi connectivity index (χ2v) is 4.67. The van der Waals surface area contributed by atoms with Gasteiger partial charge >= 0.3 is 0 Å². The van der Waals surface area contributed by atoms with Gasteiger partial charge in [-0.3, -0.25) is 4.79 Å². The van der Waals surface area contributed by atoms with Crippen LogP contribution in [0.1, 0.15) is 19.7 Å². The Morgan fingerprint density at radius 3 is 2.95 bits per heavy atom. The van der Waals surface area contributed by atoms with Crippen molar-refractivity contribution in [2.45, 2.75) is 26.3 Å². The molecule has 2 rings (SSSR count). The summed E-state index contributed by atoms with van der Waals surface area (Å²) in [4.78, 5) is 15.4. The Bertz CT molecular complexity index is 594. The number of nitrogens with one attached hydrogen (secondary N) is 2. The van der Waals surface area contributed by atoms with Crippen molar-refractivity contribution < 1.29 is 9.32 Å². The van der Waals surface area contributed by atoms with E-state index in [2.05, 4.69) is 20.8 Å². The van der Waals surface area contributed by atoms with Crippen LogP contribution in [-0.2, 0) is 11.2 Å². The first-order chi connectivity index (χ1) is 9.58. The maximum Gasteiger partial charge on any atom is 0.257 e. The Labute approximate surface area is 117 Å². The molecule has 0 aliphatic rings. The van der Waals surface area contributed by atoms with Crippen molar-refractivity contribution >= 4 is 11.6 Å². The number of amides is 1. The van der Waals surface area contributed by atoms with Crippen molar-refractivity contribution in [3.05, 3.63) is 30.1 Å². The summed E-state index contributed by atoms with van der Waals surface area (Å²) in [5.41, 5.74) is 1.49. The van der Waals surface area contributed by atoms with E-state index >= 15 is 0 Å². The van der Waals surface area contributed by atoms with Gasteiger partial charge in [0.15, 0.2) is 5.82 Å². The van der Waals surface area contributed by atoms with Crippen LogP contribution in [0.15, 0.2) is 28.8 Å². The summed E-state index contributed by atoms with van der Waals surface area (Å²) in [7, 11) is 1.89. The number of carbonyl (C=O) groups excluding carboxylic acids is 1. The average Bonchev–Trinajstić information content (AvgIpc) is 2.86.